The van der Waals surface area contributed by atoms with E-state index in [-0.39, 0.29) is 11.6 Å². The summed E-state index contributed by atoms with van der Waals surface area (Å²) in [5, 5.41) is 0. The maximum atomic E-state index is 13.3. The molecule has 0 bridgehead atoms. The van der Waals surface area contributed by atoms with Gasteiger partial charge in [-0.3, -0.25) is 19.4 Å². The zero-order valence-corrected chi connectivity index (χ0v) is 26.6. The number of ketones is 2. The van der Waals surface area contributed by atoms with Gasteiger partial charge in [0, 0.05) is 56.9 Å². The molecule has 2 aliphatic rings. The molecule has 222 valence electrons. The van der Waals surface area contributed by atoms with Gasteiger partial charge >= 0.3 is 0 Å². The Balaban J connectivity index is 1.16. The zero-order chi connectivity index (χ0) is 29.7. The second-order valence-electron chi connectivity index (χ2n) is 11.7. The predicted molar refractivity (Wildman–Crippen MR) is 169 cm³/mol. The van der Waals surface area contributed by atoms with E-state index in [1.54, 1.807) is 23.5 Å². The summed E-state index contributed by atoms with van der Waals surface area (Å²) >= 11 is 3.36. The number of carbonyl (C=O) groups is 2. The SMILES string of the molecule is CC(C)(C(=O)c1ccc(Sc2ccc(Sc3ccc(C(=O)C(C)(C)N4CCOCC4)cc3)cc2)cc1)N1CCOCC1. The van der Waals surface area contributed by atoms with Crippen molar-refractivity contribution in [3.05, 3.63) is 83.9 Å². The number of rotatable bonds is 10. The van der Waals surface area contributed by atoms with E-state index in [4.69, 9.17) is 9.47 Å². The predicted octanol–water partition coefficient (Wildman–Crippen LogP) is 6.58. The molecule has 0 atom stereocenters. The van der Waals surface area contributed by atoms with E-state index in [9.17, 15) is 9.59 Å². The first-order valence-corrected chi connectivity index (χ1v) is 16.2. The zero-order valence-electron chi connectivity index (χ0n) is 24.9. The highest BCUT2D eigenvalue weighted by molar-refractivity contribution is 7.99. The summed E-state index contributed by atoms with van der Waals surface area (Å²) in [6.07, 6.45) is 0. The minimum Gasteiger partial charge on any atom is -0.379 e. The molecule has 2 heterocycles. The molecule has 6 nitrogen and oxygen atoms in total. The van der Waals surface area contributed by atoms with Gasteiger partial charge in [0.1, 0.15) is 0 Å². The highest BCUT2D eigenvalue weighted by Crippen LogP contribution is 2.33. The van der Waals surface area contributed by atoms with E-state index in [1.165, 1.54) is 0 Å². The van der Waals surface area contributed by atoms with Gasteiger partial charge in [-0.1, -0.05) is 47.8 Å². The van der Waals surface area contributed by atoms with Gasteiger partial charge in [-0.05, 0) is 76.2 Å². The van der Waals surface area contributed by atoms with Crippen molar-refractivity contribution in [1.82, 2.24) is 9.80 Å². The summed E-state index contributed by atoms with van der Waals surface area (Å²) in [6, 6.07) is 24.3. The lowest BCUT2D eigenvalue weighted by atomic mass is 9.91. The second kappa shape index (κ2) is 13.5. The van der Waals surface area contributed by atoms with Crippen molar-refractivity contribution < 1.29 is 19.1 Å². The minimum atomic E-state index is -0.554. The van der Waals surface area contributed by atoms with Gasteiger partial charge < -0.3 is 9.47 Å². The molecular formula is C34H40N2O4S2. The number of hydrogen-bond donors (Lipinski definition) is 0. The van der Waals surface area contributed by atoms with E-state index < -0.39 is 11.1 Å². The Morgan fingerprint density at radius 2 is 0.786 bits per heavy atom. The lowest BCUT2D eigenvalue weighted by Crippen LogP contribution is -2.54. The Bertz CT molecular complexity index is 1250. The second-order valence-corrected chi connectivity index (χ2v) is 14.0. The van der Waals surface area contributed by atoms with Crippen LogP contribution in [0.5, 0.6) is 0 Å². The summed E-state index contributed by atoms with van der Waals surface area (Å²) in [7, 11) is 0. The van der Waals surface area contributed by atoms with Crippen molar-refractivity contribution in [2.75, 3.05) is 52.6 Å². The third-order valence-electron chi connectivity index (χ3n) is 8.24. The Morgan fingerprint density at radius 1 is 0.524 bits per heavy atom. The van der Waals surface area contributed by atoms with Crippen molar-refractivity contribution in [2.24, 2.45) is 0 Å². The lowest BCUT2D eigenvalue weighted by Gasteiger charge is -2.39. The van der Waals surface area contributed by atoms with E-state index in [0.29, 0.717) is 26.4 Å². The van der Waals surface area contributed by atoms with Crippen LogP contribution in [-0.2, 0) is 9.47 Å². The molecule has 8 heteroatoms. The highest BCUT2D eigenvalue weighted by Gasteiger charge is 2.37. The van der Waals surface area contributed by atoms with E-state index in [1.807, 2.05) is 76.2 Å². The van der Waals surface area contributed by atoms with E-state index in [2.05, 4.69) is 34.1 Å². The number of benzene rings is 3. The fourth-order valence-corrected chi connectivity index (χ4v) is 7.07. The van der Waals surface area contributed by atoms with Gasteiger partial charge in [0.05, 0.1) is 37.5 Å². The fraction of sp³-hybridized carbons (Fsp3) is 0.412. The summed E-state index contributed by atoms with van der Waals surface area (Å²) in [5.41, 5.74) is 0.364. The van der Waals surface area contributed by atoms with Crippen molar-refractivity contribution in [1.29, 1.82) is 0 Å². The molecule has 3 aromatic rings. The van der Waals surface area contributed by atoms with Crippen LogP contribution >= 0.6 is 23.5 Å². The summed E-state index contributed by atoms with van der Waals surface area (Å²) in [4.78, 5) is 35.4. The van der Waals surface area contributed by atoms with Gasteiger partial charge in [0.2, 0.25) is 0 Å². The molecule has 0 radical (unpaired) electrons. The Kier molecular flexibility index (Phi) is 9.92. The number of ether oxygens (including phenoxy) is 2. The van der Waals surface area contributed by atoms with Crippen LogP contribution in [0, 0.1) is 0 Å². The van der Waals surface area contributed by atoms with Gasteiger partial charge in [-0.15, -0.1) is 0 Å². The van der Waals surface area contributed by atoms with Crippen molar-refractivity contribution in [3.8, 4) is 0 Å². The summed E-state index contributed by atoms with van der Waals surface area (Å²) < 4.78 is 10.9. The quantitative estimate of drug-likeness (QED) is 0.241. The lowest BCUT2D eigenvalue weighted by molar-refractivity contribution is -0.00443. The maximum Gasteiger partial charge on any atom is 0.182 e. The average molecular weight is 605 g/mol. The molecule has 3 aromatic carbocycles. The Labute approximate surface area is 258 Å². The van der Waals surface area contributed by atoms with Crippen LogP contribution < -0.4 is 0 Å². The van der Waals surface area contributed by atoms with Crippen LogP contribution in [0.15, 0.2) is 92.4 Å². The van der Waals surface area contributed by atoms with Crippen molar-refractivity contribution in [2.45, 2.75) is 58.4 Å². The molecule has 2 saturated heterocycles. The molecule has 0 unspecified atom stereocenters. The third kappa shape index (κ3) is 7.18. The Hall–Kier alpha value is -2.46. The number of Topliss-reactive ketones (excluding diaryl/α,β-unsaturated/α-hetero) is 2. The Morgan fingerprint density at radius 3 is 1.07 bits per heavy atom. The number of hydrogen-bond acceptors (Lipinski definition) is 8. The molecule has 2 aliphatic heterocycles. The number of morpholine rings is 2. The molecule has 42 heavy (non-hydrogen) atoms. The molecule has 0 spiro atoms. The first-order chi connectivity index (χ1) is 20.1. The summed E-state index contributed by atoms with van der Waals surface area (Å²) in [5.74, 6) is 0.279. The molecule has 0 amide bonds. The van der Waals surface area contributed by atoms with E-state index in [0.717, 1.165) is 56.9 Å². The monoisotopic (exact) mass is 604 g/mol. The third-order valence-corrected chi connectivity index (χ3v) is 10.3. The first kappa shape index (κ1) is 31.0. The van der Waals surface area contributed by atoms with Crippen LogP contribution in [0.2, 0.25) is 0 Å². The molecule has 2 fully saturated rings. The van der Waals surface area contributed by atoms with Gasteiger partial charge in [0.15, 0.2) is 11.6 Å². The average Bonchev–Trinajstić information content (AvgIpc) is 3.03. The van der Waals surface area contributed by atoms with Crippen molar-refractivity contribution >= 4 is 35.1 Å². The molecule has 0 aliphatic carbocycles. The number of nitrogens with zero attached hydrogens (tertiary/aromatic N) is 2. The van der Waals surface area contributed by atoms with Crippen LogP contribution in [0.3, 0.4) is 0 Å². The molecule has 0 saturated carbocycles. The van der Waals surface area contributed by atoms with Gasteiger partial charge in [0.25, 0.3) is 0 Å². The van der Waals surface area contributed by atoms with E-state index >= 15 is 0 Å². The fourth-order valence-electron chi connectivity index (χ4n) is 5.43. The van der Waals surface area contributed by atoms with Gasteiger partial charge in [-0.25, -0.2) is 0 Å². The molecular weight excluding hydrogens is 565 g/mol. The number of carbonyl (C=O) groups excluding carboxylic acids is 2. The largest absolute Gasteiger partial charge is 0.379 e. The first-order valence-electron chi connectivity index (χ1n) is 14.6. The maximum absolute atomic E-state index is 13.3. The topological polar surface area (TPSA) is 59.1 Å². The smallest absolute Gasteiger partial charge is 0.182 e. The van der Waals surface area contributed by atoms with Crippen LogP contribution in [-0.4, -0.2) is 85.1 Å². The van der Waals surface area contributed by atoms with Crippen LogP contribution in [0.25, 0.3) is 0 Å². The van der Waals surface area contributed by atoms with Gasteiger partial charge in [-0.2, -0.15) is 0 Å². The molecule has 5 rings (SSSR count). The molecule has 0 aromatic heterocycles. The van der Waals surface area contributed by atoms with Crippen molar-refractivity contribution in [3.63, 3.8) is 0 Å². The highest BCUT2D eigenvalue weighted by atomic mass is 32.2. The van der Waals surface area contributed by atoms with Crippen LogP contribution in [0.4, 0.5) is 0 Å². The standard InChI is InChI=1S/C34H40N2O4S2/c1-33(2,35-17-21-39-22-18-35)31(37)25-5-9-27(10-6-25)41-29-13-15-30(16-14-29)42-28-11-7-26(8-12-28)32(38)34(3,4)36-19-23-40-24-20-36/h5-16H,17-24H2,1-4H3. The normalized spacial score (nSPS) is 17.2. The minimum absolute atomic E-state index is 0.139. The molecule has 0 N–H and O–H groups in total. The summed E-state index contributed by atoms with van der Waals surface area (Å²) in [6.45, 7) is 13.8. The van der Waals surface area contributed by atoms with Crippen LogP contribution in [0.1, 0.15) is 48.4 Å².